The van der Waals surface area contributed by atoms with E-state index in [2.05, 4.69) is 40.9 Å². The molecule has 1 unspecified atom stereocenters. The van der Waals surface area contributed by atoms with Crippen LogP contribution in [-0.4, -0.2) is 9.59 Å². The van der Waals surface area contributed by atoms with Gasteiger partial charge in [-0.2, -0.15) is 0 Å². The van der Waals surface area contributed by atoms with Crippen LogP contribution in [0.5, 0.6) is 0 Å². The van der Waals surface area contributed by atoms with E-state index in [9.17, 15) is 0 Å². The van der Waals surface area contributed by atoms with Crippen LogP contribution in [0, 0.1) is 6.92 Å². The number of aromatic nitrogens is 2. The fourth-order valence-corrected chi connectivity index (χ4v) is 2.59. The van der Waals surface area contributed by atoms with Crippen molar-refractivity contribution in [3.05, 3.63) is 28.1 Å². The first-order valence-corrected chi connectivity index (χ1v) is 5.95. The lowest BCUT2D eigenvalue weighted by Gasteiger charge is -2.10. The highest BCUT2D eigenvalue weighted by Crippen LogP contribution is 2.26. The molecule has 0 fully saturated rings. The molecule has 0 amide bonds. The summed E-state index contributed by atoms with van der Waals surface area (Å²) in [4.78, 5) is 2.69. The van der Waals surface area contributed by atoms with Crippen LogP contribution in [0.3, 0.4) is 0 Å². The highest BCUT2D eigenvalue weighted by Gasteiger charge is 2.08. The maximum absolute atomic E-state index is 3.81. The summed E-state index contributed by atoms with van der Waals surface area (Å²) in [6.45, 7) is 4.26. The van der Waals surface area contributed by atoms with Crippen molar-refractivity contribution >= 4 is 27.9 Å². The second kappa shape index (κ2) is 4.06. The van der Waals surface area contributed by atoms with Gasteiger partial charge in [-0.05, 0) is 26.0 Å². The Morgan fingerprint density at radius 1 is 1.43 bits per heavy atom. The second-order valence-electron chi connectivity index (χ2n) is 3.10. The van der Waals surface area contributed by atoms with Crippen molar-refractivity contribution in [3.63, 3.8) is 0 Å². The largest absolute Gasteiger partial charge is 0.367 e. The van der Waals surface area contributed by atoms with Crippen molar-refractivity contribution in [2.24, 2.45) is 0 Å². The standard InChI is InChI=1S/C9H11N3S2/c1-6-3-4-8(13-6)7(2)11-9-5-10-12-14-9/h3-5,7,11H,1-2H3. The van der Waals surface area contributed by atoms with Crippen LogP contribution in [0.25, 0.3) is 0 Å². The van der Waals surface area contributed by atoms with Gasteiger partial charge in [0.25, 0.3) is 0 Å². The van der Waals surface area contributed by atoms with Gasteiger partial charge in [0.2, 0.25) is 0 Å². The van der Waals surface area contributed by atoms with Crippen LogP contribution < -0.4 is 5.32 Å². The minimum Gasteiger partial charge on any atom is -0.367 e. The molecule has 0 radical (unpaired) electrons. The monoisotopic (exact) mass is 225 g/mol. The lowest BCUT2D eigenvalue weighted by Crippen LogP contribution is -2.02. The number of hydrogen-bond donors (Lipinski definition) is 1. The van der Waals surface area contributed by atoms with Crippen molar-refractivity contribution < 1.29 is 0 Å². The van der Waals surface area contributed by atoms with Crippen LogP contribution in [0.1, 0.15) is 22.7 Å². The molecule has 3 nitrogen and oxygen atoms in total. The highest BCUT2D eigenvalue weighted by molar-refractivity contribution is 7.12. The summed E-state index contributed by atoms with van der Waals surface area (Å²) in [5.41, 5.74) is 0. The van der Waals surface area contributed by atoms with Gasteiger partial charge in [0, 0.05) is 21.3 Å². The molecule has 0 bridgehead atoms. The van der Waals surface area contributed by atoms with E-state index in [0.717, 1.165) is 5.00 Å². The molecule has 0 aliphatic carbocycles. The third kappa shape index (κ3) is 2.10. The first-order chi connectivity index (χ1) is 6.75. The smallest absolute Gasteiger partial charge is 0.130 e. The molecule has 0 saturated carbocycles. The molecule has 74 valence electrons. The summed E-state index contributed by atoms with van der Waals surface area (Å²) >= 11 is 3.20. The van der Waals surface area contributed by atoms with Crippen molar-refractivity contribution in [2.45, 2.75) is 19.9 Å². The van der Waals surface area contributed by atoms with E-state index in [0.29, 0.717) is 6.04 Å². The Morgan fingerprint density at radius 3 is 2.86 bits per heavy atom. The normalized spacial score (nSPS) is 12.7. The number of nitrogens with one attached hydrogen (secondary N) is 1. The molecule has 2 heterocycles. The second-order valence-corrected chi connectivity index (χ2v) is 5.20. The van der Waals surface area contributed by atoms with Gasteiger partial charge >= 0.3 is 0 Å². The summed E-state index contributed by atoms with van der Waals surface area (Å²) in [6.07, 6.45) is 1.75. The summed E-state index contributed by atoms with van der Waals surface area (Å²) in [5, 5.41) is 8.16. The zero-order valence-corrected chi connectivity index (χ0v) is 9.65. The number of anilines is 1. The number of aryl methyl sites for hydroxylation is 1. The van der Waals surface area contributed by atoms with Crippen LogP contribution in [0.2, 0.25) is 0 Å². The molecule has 1 N–H and O–H groups in total. The minimum absolute atomic E-state index is 0.330. The average Bonchev–Trinajstić information content (AvgIpc) is 2.75. The van der Waals surface area contributed by atoms with E-state index in [1.807, 2.05) is 11.3 Å². The molecule has 0 aliphatic rings. The quantitative estimate of drug-likeness (QED) is 0.872. The predicted molar refractivity (Wildman–Crippen MR) is 61.0 cm³/mol. The van der Waals surface area contributed by atoms with E-state index in [-0.39, 0.29) is 0 Å². The molecule has 2 rings (SSSR count). The van der Waals surface area contributed by atoms with Crippen molar-refractivity contribution in [2.75, 3.05) is 5.32 Å². The van der Waals surface area contributed by atoms with Gasteiger partial charge in [-0.25, -0.2) is 0 Å². The van der Waals surface area contributed by atoms with E-state index >= 15 is 0 Å². The van der Waals surface area contributed by atoms with Gasteiger partial charge in [0.15, 0.2) is 0 Å². The summed E-state index contributed by atoms with van der Waals surface area (Å²) in [5.74, 6) is 0. The topological polar surface area (TPSA) is 37.8 Å². The van der Waals surface area contributed by atoms with Gasteiger partial charge in [0.05, 0.1) is 12.2 Å². The van der Waals surface area contributed by atoms with E-state index in [1.165, 1.54) is 21.3 Å². The van der Waals surface area contributed by atoms with Gasteiger partial charge in [-0.3, -0.25) is 0 Å². The molecule has 5 heteroatoms. The molecule has 1 atom stereocenters. The van der Waals surface area contributed by atoms with Crippen LogP contribution >= 0.6 is 22.9 Å². The van der Waals surface area contributed by atoms with Crippen molar-refractivity contribution in [3.8, 4) is 0 Å². The van der Waals surface area contributed by atoms with Crippen LogP contribution in [-0.2, 0) is 0 Å². The van der Waals surface area contributed by atoms with Gasteiger partial charge in [-0.15, -0.1) is 16.4 Å². The van der Waals surface area contributed by atoms with Crippen LogP contribution in [0.4, 0.5) is 5.00 Å². The van der Waals surface area contributed by atoms with Crippen molar-refractivity contribution in [1.82, 2.24) is 9.59 Å². The van der Waals surface area contributed by atoms with Gasteiger partial charge in [0.1, 0.15) is 5.00 Å². The molecule has 2 aromatic rings. The summed E-state index contributed by atoms with van der Waals surface area (Å²) < 4.78 is 3.81. The summed E-state index contributed by atoms with van der Waals surface area (Å²) in [7, 11) is 0. The van der Waals surface area contributed by atoms with Crippen molar-refractivity contribution in [1.29, 1.82) is 0 Å². The third-order valence-electron chi connectivity index (χ3n) is 1.91. The Balaban J connectivity index is 2.06. The molecule has 2 aromatic heterocycles. The number of thiophene rings is 1. The fraction of sp³-hybridized carbons (Fsp3) is 0.333. The molecule has 14 heavy (non-hydrogen) atoms. The van der Waals surface area contributed by atoms with E-state index < -0.39 is 0 Å². The zero-order chi connectivity index (χ0) is 9.97. The highest BCUT2D eigenvalue weighted by atomic mass is 32.1. The first-order valence-electron chi connectivity index (χ1n) is 4.36. The minimum atomic E-state index is 0.330. The Morgan fingerprint density at radius 2 is 2.29 bits per heavy atom. The predicted octanol–water partition coefficient (Wildman–Crippen LogP) is 3.08. The first kappa shape index (κ1) is 9.61. The van der Waals surface area contributed by atoms with E-state index in [4.69, 9.17) is 0 Å². The maximum Gasteiger partial charge on any atom is 0.130 e. The third-order valence-corrected chi connectivity index (χ3v) is 3.69. The zero-order valence-electron chi connectivity index (χ0n) is 8.02. The molecule has 0 aromatic carbocycles. The van der Waals surface area contributed by atoms with Gasteiger partial charge < -0.3 is 5.32 Å². The Kier molecular flexibility index (Phi) is 2.79. The SMILES string of the molecule is Cc1ccc(C(C)Nc2cnns2)s1. The Hall–Kier alpha value is -0.940. The maximum atomic E-state index is 3.81. The van der Waals surface area contributed by atoms with Gasteiger partial charge in [-0.1, -0.05) is 4.49 Å². The molecular formula is C9H11N3S2. The lowest BCUT2D eigenvalue weighted by atomic mass is 10.3. The molecular weight excluding hydrogens is 214 g/mol. The number of rotatable bonds is 3. The fourth-order valence-electron chi connectivity index (χ4n) is 1.20. The van der Waals surface area contributed by atoms with Crippen LogP contribution in [0.15, 0.2) is 18.3 Å². The lowest BCUT2D eigenvalue weighted by molar-refractivity contribution is 0.912. The van der Waals surface area contributed by atoms with E-state index in [1.54, 1.807) is 6.20 Å². The molecule has 0 saturated heterocycles. The molecule has 0 aliphatic heterocycles. The molecule has 0 spiro atoms. The average molecular weight is 225 g/mol. The Labute approximate surface area is 91.0 Å². The number of hydrogen-bond acceptors (Lipinski definition) is 5. The Bertz CT molecular complexity index is 394. The number of nitrogens with zero attached hydrogens (tertiary/aromatic N) is 2. The summed E-state index contributed by atoms with van der Waals surface area (Å²) in [6, 6.07) is 4.63.